The zero-order valence-electron chi connectivity index (χ0n) is 16.4. The Hall–Kier alpha value is -1.41. The van der Waals surface area contributed by atoms with Crippen molar-refractivity contribution in [2.45, 2.75) is 60.8 Å². The Balaban J connectivity index is 0.00000123. The number of hydrogen-bond acceptors (Lipinski definition) is 2. The zero-order chi connectivity index (χ0) is 18.5. The Morgan fingerprint density at radius 2 is 1.88 bits per heavy atom. The summed E-state index contributed by atoms with van der Waals surface area (Å²) < 4.78 is 0. The van der Waals surface area contributed by atoms with E-state index in [2.05, 4.69) is 44.7 Å². The molecule has 2 rings (SSSR count). The lowest BCUT2D eigenvalue weighted by Gasteiger charge is -2.22. The second-order valence-corrected chi connectivity index (χ2v) is 6.04. The molecule has 0 amide bonds. The van der Waals surface area contributed by atoms with Gasteiger partial charge in [0.05, 0.1) is 0 Å². The summed E-state index contributed by atoms with van der Waals surface area (Å²) in [5, 5.41) is 0. The van der Waals surface area contributed by atoms with Crippen LogP contribution in [0.1, 0.15) is 64.7 Å². The fraction of sp³-hybridized carbons (Fsp3) is 0.455. The average Bonchev–Trinajstić information content (AvgIpc) is 2.66. The fourth-order valence-corrected chi connectivity index (χ4v) is 3.67. The van der Waals surface area contributed by atoms with Gasteiger partial charge in [0.25, 0.3) is 0 Å². The summed E-state index contributed by atoms with van der Waals surface area (Å²) >= 11 is 1.83. The van der Waals surface area contributed by atoms with Crippen LogP contribution < -0.4 is 5.73 Å². The summed E-state index contributed by atoms with van der Waals surface area (Å²) in [4.78, 5) is 1.26. The Kier molecular flexibility index (Phi) is 12.2. The van der Waals surface area contributed by atoms with E-state index in [4.69, 9.17) is 5.73 Å². The number of thioether (sulfide) groups is 1. The lowest BCUT2D eigenvalue weighted by Crippen LogP contribution is -2.10. The molecule has 1 aromatic rings. The maximum Gasteiger partial charge on any atom is 0.0338 e. The van der Waals surface area contributed by atoms with Crippen LogP contribution in [0.15, 0.2) is 48.2 Å². The topological polar surface area (TPSA) is 26.0 Å². The first-order valence-electron chi connectivity index (χ1n) is 9.20. The van der Waals surface area contributed by atoms with Gasteiger partial charge in [-0.3, -0.25) is 0 Å². The molecule has 134 valence electrons. The maximum atomic E-state index is 6.25. The third-order valence-electron chi connectivity index (χ3n) is 3.79. The van der Waals surface area contributed by atoms with Gasteiger partial charge in [0.2, 0.25) is 0 Å². The van der Waals surface area contributed by atoms with E-state index in [1.807, 2.05) is 45.5 Å². The molecule has 0 atom stereocenters. The molecule has 1 aliphatic carbocycles. The molecule has 0 fully saturated rings. The molecule has 0 radical (unpaired) electrons. The average molecular weight is 346 g/mol. The highest BCUT2D eigenvalue weighted by atomic mass is 32.2. The molecule has 0 heterocycles. The van der Waals surface area contributed by atoms with E-state index in [-0.39, 0.29) is 0 Å². The van der Waals surface area contributed by atoms with E-state index in [1.165, 1.54) is 27.2 Å². The number of aryl methyl sites for hydroxylation is 2. The van der Waals surface area contributed by atoms with Crippen LogP contribution in [0, 0.1) is 0 Å². The quantitative estimate of drug-likeness (QED) is 0.598. The van der Waals surface area contributed by atoms with E-state index in [0.717, 1.165) is 30.7 Å². The Labute approximate surface area is 154 Å². The van der Waals surface area contributed by atoms with Crippen LogP contribution in [0.25, 0.3) is 4.91 Å². The Morgan fingerprint density at radius 3 is 2.42 bits per heavy atom. The van der Waals surface area contributed by atoms with Gasteiger partial charge >= 0.3 is 0 Å². The first-order valence-corrected chi connectivity index (χ1v) is 10.2. The number of allylic oxidation sites excluding steroid dienone is 3. The number of hydrogen-bond donors (Lipinski definition) is 1. The van der Waals surface area contributed by atoms with Crippen molar-refractivity contribution < 1.29 is 0 Å². The van der Waals surface area contributed by atoms with Crippen LogP contribution in [-0.2, 0) is 12.8 Å². The van der Waals surface area contributed by atoms with Crippen molar-refractivity contribution >= 4 is 16.7 Å². The van der Waals surface area contributed by atoms with Crippen molar-refractivity contribution in [1.29, 1.82) is 0 Å². The molecule has 0 saturated carbocycles. The predicted molar refractivity (Wildman–Crippen MR) is 114 cm³/mol. The Morgan fingerprint density at radius 1 is 1.21 bits per heavy atom. The lowest BCUT2D eigenvalue weighted by molar-refractivity contribution is 0.906. The van der Waals surface area contributed by atoms with Gasteiger partial charge in [0, 0.05) is 16.4 Å². The summed E-state index contributed by atoms with van der Waals surface area (Å²) in [7, 11) is 0. The number of fused-ring (bicyclic) bond motifs is 1. The second kappa shape index (κ2) is 12.9. The molecular weight excluding hydrogens is 310 g/mol. The number of rotatable bonds is 5. The molecule has 0 spiro atoms. The van der Waals surface area contributed by atoms with E-state index in [0.29, 0.717) is 0 Å². The van der Waals surface area contributed by atoms with Gasteiger partial charge in [-0.05, 0) is 48.4 Å². The summed E-state index contributed by atoms with van der Waals surface area (Å²) in [6.07, 6.45) is 7.17. The summed E-state index contributed by atoms with van der Waals surface area (Å²) in [6, 6.07) is 6.81. The first kappa shape index (κ1) is 22.6. The molecule has 0 saturated heterocycles. The summed E-state index contributed by atoms with van der Waals surface area (Å²) in [5.74, 6) is 0.936. The molecule has 1 nitrogen and oxygen atoms in total. The zero-order valence-corrected chi connectivity index (χ0v) is 17.2. The van der Waals surface area contributed by atoms with Crippen molar-refractivity contribution in [3.63, 3.8) is 0 Å². The van der Waals surface area contributed by atoms with Crippen LogP contribution in [0.5, 0.6) is 0 Å². The molecule has 0 aromatic heterocycles. The van der Waals surface area contributed by atoms with Crippen LogP contribution in [-0.4, -0.2) is 5.75 Å². The minimum atomic E-state index is 0.936. The minimum Gasteiger partial charge on any atom is -0.401 e. The molecule has 0 aliphatic heterocycles. The molecule has 2 N–H and O–H groups in total. The van der Waals surface area contributed by atoms with E-state index < -0.39 is 0 Å². The van der Waals surface area contributed by atoms with Gasteiger partial charge in [0.15, 0.2) is 0 Å². The largest absolute Gasteiger partial charge is 0.401 e. The smallest absolute Gasteiger partial charge is 0.0338 e. The number of nitrogens with two attached hydrogens (primary N) is 1. The van der Waals surface area contributed by atoms with Gasteiger partial charge < -0.3 is 5.73 Å². The van der Waals surface area contributed by atoms with E-state index >= 15 is 0 Å². The molecule has 24 heavy (non-hydrogen) atoms. The van der Waals surface area contributed by atoms with Gasteiger partial charge in [0.1, 0.15) is 0 Å². The molecule has 0 unspecified atom stereocenters. The normalized spacial score (nSPS) is 13.2. The van der Waals surface area contributed by atoms with Crippen molar-refractivity contribution in [2.24, 2.45) is 5.73 Å². The molecule has 1 aliphatic rings. The van der Waals surface area contributed by atoms with Crippen LogP contribution in [0.4, 0.5) is 0 Å². The molecule has 0 bridgehead atoms. The lowest BCUT2D eigenvalue weighted by atomic mass is 9.93. The predicted octanol–water partition coefficient (Wildman–Crippen LogP) is 6.74. The monoisotopic (exact) mass is 345 g/mol. The van der Waals surface area contributed by atoms with Gasteiger partial charge in [-0.15, -0.1) is 11.8 Å². The van der Waals surface area contributed by atoms with Crippen LogP contribution in [0.3, 0.4) is 0 Å². The second-order valence-electron chi connectivity index (χ2n) is 5.06. The number of benzene rings is 1. The van der Waals surface area contributed by atoms with Crippen molar-refractivity contribution in [3.05, 3.63) is 64.9 Å². The first-order chi connectivity index (χ1) is 11.7. The van der Waals surface area contributed by atoms with Crippen molar-refractivity contribution in [2.75, 3.05) is 5.75 Å². The Bertz CT molecular complexity index is 567. The van der Waals surface area contributed by atoms with E-state index in [1.54, 1.807) is 0 Å². The summed E-state index contributed by atoms with van der Waals surface area (Å²) in [5.41, 5.74) is 12.7. The fourth-order valence-electron chi connectivity index (χ4n) is 2.44. The van der Waals surface area contributed by atoms with E-state index in [9.17, 15) is 0 Å². The van der Waals surface area contributed by atoms with Crippen LogP contribution >= 0.6 is 11.8 Å². The third-order valence-corrected chi connectivity index (χ3v) is 5.04. The highest BCUT2D eigenvalue weighted by Gasteiger charge is 2.18. The maximum absolute atomic E-state index is 6.25. The molecule has 1 aromatic carbocycles. The molecular formula is C22H35NS. The van der Waals surface area contributed by atoms with Gasteiger partial charge in [-0.25, -0.2) is 0 Å². The highest BCUT2D eigenvalue weighted by Crippen LogP contribution is 2.38. The van der Waals surface area contributed by atoms with Crippen LogP contribution in [0.2, 0.25) is 0 Å². The third kappa shape index (κ3) is 6.24. The summed E-state index contributed by atoms with van der Waals surface area (Å²) in [6.45, 7) is 16.1. The van der Waals surface area contributed by atoms with Gasteiger partial charge in [-0.2, -0.15) is 0 Å². The SMILES string of the molecule is C=C/C(=C\C)CSC1=C(N)CCc2cc(CC)ccc21.CC.CC. The van der Waals surface area contributed by atoms with Crippen molar-refractivity contribution in [3.8, 4) is 0 Å². The minimum absolute atomic E-state index is 0.936. The molecule has 2 heteroatoms. The standard InChI is InChI=1S/C18H23NS.2C2H6/c1-4-13(5-2)12-20-18-16-9-7-14(6-3)11-15(16)8-10-17(18)19;2*1-2/h4-5,7,9,11H,1,6,8,10,12,19H2,2-3H3;2*1-2H3/b13-5+;;. The van der Waals surface area contributed by atoms with Crippen molar-refractivity contribution in [1.82, 2.24) is 0 Å². The van der Waals surface area contributed by atoms with Gasteiger partial charge in [-0.1, -0.05) is 71.5 Å². The highest BCUT2D eigenvalue weighted by molar-refractivity contribution is 8.08.